The molecule has 0 bridgehead atoms. The minimum atomic E-state index is -1.10. The van der Waals surface area contributed by atoms with E-state index in [0.29, 0.717) is 23.4 Å². The van der Waals surface area contributed by atoms with Gasteiger partial charge in [-0.05, 0) is 128 Å². The Bertz CT molecular complexity index is 1520. The lowest BCUT2D eigenvalue weighted by Gasteiger charge is -2.61. The van der Waals surface area contributed by atoms with Crippen molar-refractivity contribution in [1.82, 2.24) is 0 Å². The van der Waals surface area contributed by atoms with Crippen molar-refractivity contribution < 1.29 is 28.9 Å². The SMILES string of the molecule is CC(C)CCC[C@@H](C)[C@H]1CC[C@H]2[C@@H]3CCC4C[C@@H](O[C@@H]5O[C@@H](C)[C@H](OCc6ccccc6)[C@@H](OCc6ccccc6)[C@H]5O[N+](=O)[O-])CC[C@]4(C)[C@H]3CC[C@]12C. The summed E-state index contributed by atoms with van der Waals surface area (Å²) in [5.41, 5.74) is 2.77. The molecule has 5 fully saturated rings. The van der Waals surface area contributed by atoms with Crippen molar-refractivity contribution in [3.63, 3.8) is 0 Å². The van der Waals surface area contributed by atoms with Crippen LogP contribution in [0.25, 0.3) is 0 Å². The summed E-state index contributed by atoms with van der Waals surface area (Å²) < 4.78 is 26.3. The van der Waals surface area contributed by atoms with Gasteiger partial charge in [-0.15, -0.1) is 10.1 Å². The monoisotopic (exact) mass is 760 g/mol. The van der Waals surface area contributed by atoms with E-state index in [0.717, 1.165) is 65.9 Å². The number of fused-ring (bicyclic) bond motifs is 5. The predicted molar refractivity (Wildman–Crippen MR) is 214 cm³/mol. The molecule has 2 aromatic rings. The van der Waals surface area contributed by atoms with E-state index in [9.17, 15) is 10.1 Å². The summed E-state index contributed by atoms with van der Waals surface area (Å²) in [5.74, 6) is 5.54. The van der Waals surface area contributed by atoms with Crippen molar-refractivity contribution in [3.8, 4) is 0 Å². The molecule has 0 amide bonds. The Kier molecular flexibility index (Phi) is 13.0. The summed E-state index contributed by atoms with van der Waals surface area (Å²) in [6.07, 6.45) is 11.4. The Morgan fingerprint density at radius 2 is 1.42 bits per heavy atom. The van der Waals surface area contributed by atoms with Crippen LogP contribution >= 0.6 is 0 Å². The van der Waals surface area contributed by atoms with Crippen LogP contribution in [0, 0.1) is 62.4 Å². The first kappa shape index (κ1) is 40.7. The third-order valence-electron chi connectivity index (χ3n) is 15.7. The standard InChI is InChI=1S/C47H69NO7/c1-31(2)14-13-15-32(3)39-22-23-40-38-21-20-36-28-37(24-26-46(36,5)41(38)25-27-47(39,40)6)54-45-44(55-48(49)50)43(52-30-35-18-11-8-12-19-35)42(33(4)53-45)51-29-34-16-9-7-10-17-34/h7-12,16-19,31-33,36-45H,13-15,20-30H2,1-6H3/t32-,33+,36?,37+,38+,39-,40+,41+,42+,43-,44-,45+,46+,47-/m1/s1. The second kappa shape index (κ2) is 17.5. The molecule has 5 aliphatic rings. The molecule has 7 rings (SSSR count). The van der Waals surface area contributed by atoms with Gasteiger partial charge in [0.05, 0.1) is 25.4 Å². The van der Waals surface area contributed by atoms with E-state index in [1.54, 1.807) is 0 Å². The van der Waals surface area contributed by atoms with Crippen LogP contribution < -0.4 is 0 Å². The van der Waals surface area contributed by atoms with Gasteiger partial charge < -0.3 is 23.8 Å². The molecule has 2 aromatic carbocycles. The Morgan fingerprint density at radius 1 is 0.782 bits per heavy atom. The van der Waals surface area contributed by atoms with Gasteiger partial charge in [0.25, 0.3) is 5.09 Å². The fraction of sp³-hybridized carbons (Fsp3) is 0.745. The van der Waals surface area contributed by atoms with Crippen LogP contribution in [0.5, 0.6) is 0 Å². The molecule has 0 aromatic heterocycles. The number of hydrogen-bond donors (Lipinski definition) is 0. The highest BCUT2D eigenvalue weighted by Gasteiger charge is 2.61. The maximum absolute atomic E-state index is 12.1. The van der Waals surface area contributed by atoms with Crippen LogP contribution in [-0.2, 0) is 37.0 Å². The summed E-state index contributed by atoms with van der Waals surface area (Å²) in [4.78, 5) is 17.5. The van der Waals surface area contributed by atoms with Gasteiger partial charge in [0.2, 0.25) is 0 Å². The van der Waals surface area contributed by atoms with E-state index in [-0.39, 0.29) is 12.7 Å². The van der Waals surface area contributed by atoms with Crippen LogP contribution in [0.15, 0.2) is 60.7 Å². The third-order valence-corrected chi connectivity index (χ3v) is 15.7. The quantitative estimate of drug-likeness (QED) is 0.101. The minimum absolute atomic E-state index is 0.0577. The Morgan fingerprint density at radius 3 is 2.07 bits per heavy atom. The van der Waals surface area contributed by atoms with Gasteiger partial charge in [-0.25, -0.2) is 0 Å². The number of hydrogen-bond acceptors (Lipinski definition) is 7. The predicted octanol–water partition coefficient (Wildman–Crippen LogP) is 11.0. The van der Waals surface area contributed by atoms with E-state index >= 15 is 0 Å². The van der Waals surface area contributed by atoms with Gasteiger partial charge in [0, 0.05) is 0 Å². The molecule has 0 radical (unpaired) electrons. The maximum atomic E-state index is 12.1. The van der Waals surface area contributed by atoms with Crippen LogP contribution in [0.3, 0.4) is 0 Å². The second-order valence-electron chi connectivity index (χ2n) is 19.2. The lowest BCUT2D eigenvalue weighted by atomic mass is 9.44. The van der Waals surface area contributed by atoms with Crippen LogP contribution in [0.1, 0.15) is 130 Å². The topological polar surface area (TPSA) is 89.3 Å². The summed E-state index contributed by atoms with van der Waals surface area (Å²) in [7, 11) is 0. The summed E-state index contributed by atoms with van der Waals surface area (Å²) in [6.45, 7) is 15.1. The van der Waals surface area contributed by atoms with Crippen molar-refractivity contribution in [2.45, 2.75) is 169 Å². The van der Waals surface area contributed by atoms with Crippen LogP contribution in [0.4, 0.5) is 0 Å². The average molecular weight is 760 g/mol. The summed E-state index contributed by atoms with van der Waals surface area (Å²) in [5, 5.41) is 11.3. The molecular weight excluding hydrogens is 691 g/mol. The van der Waals surface area contributed by atoms with Gasteiger partial charge in [0.1, 0.15) is 12.2 Å². The molecule has 14 atom stereocenters. The van der Waals surface area contributed by atoms with E-state index < -0.39 is 35.8 Å². The Labute approximate surface area is 330 Å². The fourth-order valence-electron chi connectivity index (χ4n) is 12.8. The molecular formula is C47H69NO7. The molecule has 0 spiro atoms. The highest BCUT2D eigenvalue weighted by Crippen LogP contribution is 2.68. The van der Waals surface area contributed by atoms with E-state index in [2.05, 4.69) is 34.6 Å². The van der Waals surface area contributed by atoms with Crippen molar-refractivity contribution in [2.24, 2.45) is 52.3 Å². The number of rotatable bonds is 15. The van der Waals surface area contributed by atoms with Gasteiger partial charge >= 0.3 is 0 Å². The molecule has 1 aliphatic heterocycles. The first-order valence-corrected chi connectivity index (χ1v) is 21.9. The third kappa shape index (κ3) is 8.83. The number of ether oxygens (including phenoxy) is 4. The van der Waals surface area contributed by atoms with Crippen LogP contribution in [-0.4, -0.2) is 41.9 Å². The highest BCUT2D eigenvalue weighted by molar-refractivity contribution is 5.15. The van der Waals surface area contributed by atoms with Crippen molar-refractivity contribution in [1.29, 1.82) is 0 Å². The highest BCUT2D eigenvalue weighted by atomic mass is 17.0. The van der Waals surface area contributed by atoms with Crippen LogP contribution in [0.2, 0.25) is 0 Å². The lowest BCUT2D eigenvalue weighted by Crippen LogP contribution is -2.61. The van der Waals surface area contributed by atoms with Gasteiger partial charge in [-0.2, -0.15) is 0 Å². The van der Waals surface area contributed by atoms with Gasteiger partial charge in [0.15, 0.2) is 12.4 Å². The number of benzene rings is 2. The molecule has 1 saturated heterocycles. The average Bonchev–Trinajstić information content (AvgIpc) is 3.52. The molecule has 1 heterocycles. The largest absolute Gasteiger partial charge is 0.368 e. The van der Waals surface area contributed by atoms with Crippen molar-refractivity contribution in [3.05, 3.63) is 81.9 Å². The first-order chi connectivity index (χ1) is 26.5. The molecule has 8 nitrogen and oxygen atoms in total. The second-order valence-corrected chi connectivity index (χ2v) is 19.2. The lowest BCUT2D eigenvalue weighted by molar-refractivity contribution is -0.777. The summed E-state index contributed by atoms with van der Waals surface area (Å²) >= 11 is 0. The van der Waals surface area contributed by atoms with E-state index in [4.69, 9.17) is 23.8 Å². The number of nitrogens with zero attached hydrogens (tertiary/aromatic N) is 1. The molecule has 1 unspecified atom stereocenters. The normalized spacial score (nSPS) is 39.1. The molecule has 4 saturated carbocycles. The first-order valence-electron chi connectivity index (χ1n) is 21.9. The van der Waals surface area contributed by atoms with Gasteiger partial charge in [-0.1, -0.05) is 115 Å². The Balaban J connectivity index is 1.02. The zero-order valence-corrected chi connectivity index (χ0v) is 34.5. The molecule has 304 valence electrons. The minimum Gasteiger partial charge on any atom is -0.368 e. The van der Waals surface area contributed by atoms with Crippen molar-refractivity contribution >= 4 is 0 Å². The molecule has 8 heteroatoms. The molecule has 4 aliphatic carbocycles. The van der Waals surface area contributed by atoms with Crippen molar-refractivity contribution in [2.75, 3.05) is 0 Å². The maximum Gasteiger partial charge on any atom is 0.295 e. The van der Waals surface area contributed by atoms with E-state index in [1.165, 1.54) is 57.8 Å². The molecule has 0 N–H and O–H groups in total. The summed E-state index contributed by atoms with van der Waals surface area (Å²) in [6, 6.07) is 19.8. The van der Waals surface area contributed by atoms with Gasteiger partial charge in [-0.3, -0.25) is 0 Å². The molecule has 55 heavy (non-hydrogen) atoms. The fourth-order valence-corrected chi connectivity index (χ4v) is 12.8. The Hall–Kier alpha value is -2.52. The zero-order valence-electron chi connectivity index (χ0n) is 34.5. The zero-order chi connectivity index (χ0) is 38.7. The van der Waals surface area contributed by atoms with E-state index in [1.807, 2.05) is 67.6 Å². The smallest absolute Gasteiger partial charge is 0.295 e.